The Labute approximate surface area is 154 Å². The number of carbonyl (C=O) groups excluding carboxylic acids is 1. The predicted octanol–water partition coefficient (Wildman–Crippen LogP) is 0.276. The van der Waals surface area contributed by atoms with Gasteiger partial charge in [-0.15, -0.1) is 0 Å². The number of aryl methyl sites for hydroxylation is 1. The van der Waals surface area contributed by atoms with Gasteiger partial charge < -0.3 is 21.9 Å². The lowest BCUT2D eigenvalue weighted by Crippen LogP contribution is -2.48. The maximum absolute atomic E-state index is 11.7. The Morgan fingerprint density at radius 1 is 1.20 bits per heavy atom. The van der Waals surface area contributed by atoms with Gasteiger partial charge in [-0.3, -0.25) is 4.79 Å². The minimum atomic E-state index is -1.03. The van der Waals surface area contributed by atoms with Crippen molar-refractivity contribution in [2.45, 2.75) is 37.8 Å². The Bertz CT molecular complexity index is 488. The number of hydrogen-bond acceptors (Lipinski definition) is 5. The molecule has 1 rings (SSSR count). The van der Waals surface area contributed by atoms with Crippen LogP contribution in [-0.2, 0) is 16.6 Å². The number of carboxylic acid groups (broad SMARTS) is 1. The zero-order chi connectivity index (χ0) is 19.1. The standard InChI is InChI=1S/C11H23N3O3S.C6H8N/c1-18-7-5-8(13)10(15)14-9(11(16)17)4-2-3-6-12;1-7-5-3-2-4-6-7/h8-9H,2-7,12-13H2,1H3,(H,14,15)(H,16,17);2-6H,1H3/q;+1. The predicted molar refractivity (Wildman–Crippen MR) is 101 cm³/mol. The summed E-state index contributed by atoms with van der Waals surface area (Å²) in [6, 6.07) is 4.48. The Morgan fingerprint density at radius 3 is 2.28 bits per heavy atom. The van der Waals surface area contributed by atoms with Gasteiger partial charge in [-0.2, -0.15) is 11.8 Å². The van der Waals surface area contributed by atoms with Gasteiger partial charge in [0.1, 0.15) is 13.1 Å². The summed E-state index contributed by atoms with van der Waals surface area (Å²) in [7, 11) is 2.00. The van der Waals surface area contributed by atoms with Crippen LogP contribution < -0.4 is 21.4 Å². The van der Waals surface area contributed by atoms with Crippen molar-refractivity contribution in [3.8, 4) is 0 Å². The van der Waals surface area contributed by atoms with E-state index in [-0.39, 0.29) is 0 Å². The first-order valence-electron chi connectivity index (χ1n) is 8.30. The van der Waals surface area contributed by atoms with Crippen molar-refractivity contribution in [1.82, 2.24) is 5.32 Å². The molecule has 1 aromatic rings. The van der Waals surface area contributed by atoms with E-state index >= 15 is 0 Å². The highest BCUT2D eigenvalue weighted by atomic mass is 32.2. The first-order chi connectivity index (χ1) is 11.9. The van der Waals surface area contributed by atoms with Gasteiger partial charge in [0.2, 0.25) is 5.91 Å². The summed E-state index contributed by atoms with van der Waals surface area (Å²) in [6.07, 6.45) is 8.28. The average molecular weight is 372 g/mol. The second kappa shape index (κ2) is 14.7. The van der Waals surface area contributed by atoms with Crippen LogP contribution in [0.2, 0.25) is 0 Å². The fraction of sp³-hybridized carbons (Fsp3) is 0.588. The van der Waals surface area contributed by atoms with E-state index in [1.54, 1.807) is 11.8 Å². The molecule has 2 unspecified atom stereocenters. The van der Waals surface area contributed by atoms with Crippen molar-refractivity contribution < 1.29 is 19.3 Å². The summed E-state index contributed by atoms with van der Waals surface area (Å²) in [5.74, 6) is -0.652. The monoisotopic (exact) mass is 371 g/mol. The number of carbonyl (C=O) groups is 2. The highest BCUT2D eigenvalue weighted by molar-refractivity contribution is 7.98. The van der Waals surface area contributed by atoms with Crippen molar-refractivity contribution in [3.63, 3.8) is 0 Å². The normalized spacial score (nSPS) is 12.5. The van der Waals surface area contributed by atoms with Crippen LogP contribution in [0.15, 0.2) is 30.6 Å². The molecule has 0 aliphatic rings. The van der Waals surface area contributed by atoms with Crippen molar-refractivity contribution in [2.75, 3.05) is 18.6 Å². The fourth-order valence-electron chi connectivity index (χ4n) is 1.89. The summed E-state index contributed by atoms with van der Waals surface area (Å²) >= 11 is 1.60. The van der Waals surface area contributed by atoms with E-state index in [4.69, 9.17) is 16.6 Å². The zero-order valence-corrected chi connectivity index (χ0v) is 15.9. The Morgan fingerprint density at radius 2 is 1.84 bits per heavy atom. The number of nitrogens with two attached hydrogens (primary N) is 2. The minimum absolute atomic E-state index is 0.382. The molecule has 0 aliphatic heterocycles. The largest absolute Gasteiger partial charge is 0.480 e. The number of amides is 1. The molecule has 1 aromatic heterocycles. The molecule has 0 fully saturated rings. The van der Waals surface area contributed by atoms with Crippen LogP contribution in [0.4, 0.5) is 0 Å². The van der Waals surface area contributed by atoms with Crippen molar-refractivity contribution in [3.05, 3.63) is 30.6 Å². The van der Waals surface area contributed by atoms with Gasteiger partial charge in [-0.1, -0.05) is 6.07 Å². The molecule has 8 heteroatoms. The van der Waals surface area contributed by atoms with E-state index in [1.165, 1.54) is 0 Å². The zero-order valence-electron chi connectivity index (χ0n) is 15.1. The lowest BCUT2D eigenvalue weighted by atomic mass is 10.1. The Hall–Kier alpha value is -1.64. The lowest BCUT2D eigenvalue weighted by molar-refractivity contribution is -0.671. The third-order valence-electron chi connectivity index (χ3n) is 3.40. The lowest BCUT2D eigenvalue weighted by Gasteiger charge is -2.17. The van der Waals surface area contributed by atoms with Crippen molar-refractivity contribution in [1.29, 1.82) is 0 Å². The molecule has 25 heavy (non-hydrogen) atoms. The van der Waals surface area contributed by atoms with Gasteiger partial charge in [-0.25, -0.2) is 9.36 Å². The topological polar surface area (TPSA) is 122 Å². The molecule has 0 bridgehead atoms. The van der Waals surface area contributed by atoms with Gasteiger partial charge >= 0.3 is 5.97 Å². The summed E-state index contributed by atoms with van der Waals surface area (Å²) in [4.78, 5) is 22.6. The van der Waals surface area contributed by atoms with Crippen LogP contribution in [0.5, 0.6) is 0 Å². The van der Waals surface area contributed by atoms with E-state index in [0.29, 0.717) is 25.8 Å². The third-order valence-corrected chi connectivity index (χ3v) is 4.04. The van der Waals surface area contributed by atoms with Gasteiger partial charge in [0.25, 0.3) is 0 Å². The molecule has 0 saturated carbocycles. The summed E-state index contributed by atoms with van der Waals surface area (Å²) in [5.41, 5.74) is 11.0. The summed E-state index contributed by atoms with van der Waals surface area (Å²) in [5, 5.41) is 11.5. The number of aliphatic carboxylic acids is 1. The van der Waals surface area contributed by atoms with Gasteiger partial charge in [0, 0.05) is 12.1 Å². The molecule has 142 valence electrons. The van der Waals surface area contributed by atoms with Gasteiger partial charge in [0.15, 0.2) is 12.4 Å². The maximum Gasteiger partial charge on any atom is 0.326 e. The van der Waals surface area contributed by atoms with Crippen LogP contribution in [0.1, 0.15) is 25.7 Å². The molecule has 1 amide bonds. The average Bonchev–Trinajstić information content (AvgIpc) is 2.59. The number of thioether (sulfide) groups is 1. The molecular weight excluding hydrogens is 340 g/mol. The van der Waals surface area contributed by atoms with Crippen LogP contribution in [0.25, 0.3) is 0 Å². The van der Waals surface area contributed by atoms with Crippen LogP contribution in [0.3, 0.4) is 0 Å². The Balaban J connectivity index is 0.000000676. The second-order valence-electron chi connectivity index (χ2n) is 5.61. The molecule has 6 N–H and O–H groups in total. The third kappa shape index (κ3) is 12.4. The minimum Gasteiger partial charge on any atom is -0.480 e. The molecule has 2 atom stereocenters. The van der Waals surface area contributed by atoms with Crippen molar-refractivity contribution in [2.24, 2.45) is 18.5 Å². The first-order valence-corrected chi connectivity index (χ1v) is 9.69. The summed E-state index contributed by atoms with van der Waals surface area (Å²) in [6.45, 7) is 0.521. The van der Waals surface area contributed by atoms with E-state index in [9.17, 15) is 9.59 Å². The number of carboxylic acids is 1. The van der Waals surface area contributed by atoms with E-state index in [0.717, 1.165) is 12.2 Å². The quantitative estimate of drug-likeness (QED) is 0.346. The smallest absolute Gasteiger partial charge is 0.326 e. The molecule has 0 spiro atoms. The number of aromatic nitrogens is 1. The highest BCUT2D eigenvalue weighted by Crippen LogP contribution is 2.03. The molecule has 0 aliphatic carbocycles. The number of nitrogens with zero attached hydrogens (tertiary/aromatic N) is 1. The number of hydrogen-bond donors (Lipinski definition) is 4. The first kappa shape index (κ1) is 23.4. The molecule has 0 saturated heterocycles. The molecule has 7 nitrogen and oxygen atoms in total. The van der Waals surface area contributed by atoms with E-state index < -0.39 is 24.0 Å². The molecule has 0 aromatic carbocycles. The second-order valence-corrected chi connectivity index (χ2v) is 6.60. The fourth-order valence-corrected chi connectivity index (χ4v) is 2.38. The highest BCUT2D eigenvalue weighted by Gasteiger charge is 2.22. The van der Waals surface area contributed by atoms with Gasteiger partial charge in [0.05, 0.1) is 6.04 Å². The van der Waals surface area contributed by atoms with Crippen LogP contribution >= 0.6 is 11.8 Å². The number of rotatable bonds is 10. The number of unbranched alkanes of at least 4 members (excludes halogenated alkanes) is 1. The molecule has 1 heterocycles. The number of pyridine rings is 1. The van der Waals surface area contributed by atoms with Crippen LogP contribution in [0, 0.1) is 0 Å². The molecular formula is C17H31N4O3S+. The maximum atomic E-state index is 11.7. The van der Waals surface area contributed by atoms with Gasteiger partial charge in [-0.05, 0) is 44.2 Å². The van der Waals surface area contributed by atoms with E-state index in [1.807, 2.05) is 48.5 Å². The SMILES string of the molecule is CSCCC(N)C(=O)NC(CCCCN)C(=O)O.C[n+]1ccccc1. The Kier molecular flexibility index (Phi) is 13.7. The van der Waals surface area contributed by atoms with Crippen molar-refractivity contribution >= 4 is 23.6 Å². The number of nitrogens with one attached hydrogen (secondary N) is 1. The van der Waals surface area contributed by atoms with E-state index in [2.05, 4.69) is 5.32 Å². The molecule has 0 radical (unpaired) electrons. The summed E-state index contributed by atoms with van der Waals surface area (Å²) < 4.78 is 2.00. The van der Waals surface area contributed by atoms with Crippen LogP contribution in [-0.4, -0.2) is 47.6 Å².